The molecular formula is C21H24N2O4. The molecule has 2 aliphatic rings. The van der Waals surface area contributed by atoms with Crippen molar-refractivity contribution in [2.75, 3.05) is 18.0 Å². The summed E-state index contributed by atoms with van der Waals surface area (Å²) >= 11 is 0. The first-order valence-corrected chi connectivity index (χ1v) is 9.56. The number of carboxylic acids is 1. The van der Waals surface area contributed by atoms with Gasteiger partial charge in [0.2, 0.25) is 0 Å². The van der Waals surface area contributed by atoms with Crippen LogP contribution in [0.5, 0.6) is 5.75 Å². The Labute approximate surface area is 157 Å². The maximum atomic E-state index is 12.1. The summed E-state index contributed by atoms with van der Waals surface area (Å²) in [6.07, 6.45) is 4.42. The van der Waals surface area contributed by atoms with E-state index in [0.717, 1.165) is 30.5 Å². The molecule has 4 rings (SSSR count). The van der Waals surface area contributed by atoms with Crippen molar-refractivity contribution in [1.82, 2.24) is 4.98 Å². The van der Waals surface area contributed by atoms with Gasteiger partial charge in [0.05, 0.1) is 5.69 Å². The summed E-state index contributed by atoms with van der Waals surface area (Å²) in [5, 5.41) is 19.5. The molecule has 0 amide bonds. The highest BCUT2D eigenvalue weighted by Crippen LogP contribution is 2.40. The normalized spacial score (nSPS) is 21.4. The van der Waals surface area contributed by atoms with Gasteiger partial charge in [0, 0.05) is 24.3 Å². The average Bonchev–Trinajstić information content (AvgIpc) is 3.23. The van der Waals surface area contributed by atoms with Gasteiger partial charge in [-0.25, -0.2) is 4.79 Å². The van der Waals surface area contributed by atoms with Gasteiger partial charge in [0.15, 0.2) is 5.56 Å². The fraction of sp³-hybridized carbons (Fsp3) is 0.429. The molecule has 0 spiro atoms. The molecule has 1 aliphatic heterocycles. The number of nitrogens with one attached hydrogen (secondary N) is 1. The Bertz CT molecular complexity index is 920. The van der Waals surface area contributed by atoms with Crippen LogP contribution in [0.15, 0.2) is 29.1 Å². The summed E-state index contributed by atoms with van der Waals surface area (Å²) in [4.78, 5) is 28.4. The topological polar surface area (TPSA) is 93.6 Å². The van der Waals surface area contributed by atoms with Gasteiger partial charge in [0.1, 0.15) is 5.75 Å². The number of hydrogen-bond acceptors (Lipinski definition) is 4. The lowest BCUT2D eigenvalue weighted by Gasteiger charge is -2.20. The first-order chi connectivity index (χ1) is 13.0. The Morgan fingerprint density at radius 1 is 1.19 bits per heavy atom. The number of aromatic hydroxyl groups is 1. The zero-order chi connectivity index (χ0) is 19.1. The Hall–Kier alpha value is -2.76. The summed E-state index contributed by atoms with van der Waals surface area (Å²) in [5.41, 5.74) is 1.46. The smallest absolute Gasteiger partial charge is 0.345 e. The van der Waals surface area contributed by atoms with E-state index in [-0.39, 0.29) is 0 Å². The molecule has 27 heavy (non-hydrogen) atoms. The standard InChI is InChI=1S/C21H24N2O4/c1-2-16-18(22-20(25)17(19(16)24)21(26)27)12-6-8-15(9-7-12)23-10-13-4-3-5-14(13)11-23/h6-9,13-14H,2-5,10-11H2,1H3,(H,26,27)(H2,22,24,25)/t13-,14?/m0/s1. The van der Waals surface area contributed by atoms with E-state index in [1.54, 1.807) is 0 Å². The van der Waals surface area contributed by atoms with Crippen LogP contribution in [0, 0.1) is 11.8 Å². The lowest BCUT2D eigenvalue weighted by molar-refractivity contribution is 0.0691. The zero-order valence-corrected chi connectivity index (χ0v) is 15.4. The Morgan fingerprint density at radius 2 is 1.81 bits per heavy atom. The number of aromatic amines is 1. The average molecular weight is 368 g/mol. The summed E-state index contributed by atoms with van der Waals surface area (Å²) in [6, 6.07) is 7.92. The van der Waals surface area contributed by atoms with Crippen LogP contribution in [0.25, 0.3) is 11.3 Å². The number of nitrogens with zero attached hydrogens (tertiary/aromatic N) is 1. The van der Waals surface area contributed by atoms with Crippen molar-refractivity contribution in [2.45, 2.75) is 32.6 Å². The second-order valence-electron chi connectivity index (χ2n) is 7.59. The molecule has 0 radical (unpaired) electrons. The van der Waals surface area contributed by atoms with Crippen LogP contribution < -0.4 is 10.5 Å². The summed E-state index contributed by atoms with van der Waals surface area (Å²) in [6.45, 7) is 4.03. The second-order valence-corrected chi connectivity index (χ2v) is 7.59. The van der Waals surface area contributed by atoms with Gasteiger partial charge in [-0.2, -0.15) is 0 Å². The molecule has 1 aliphatic carbocycles. The van der Waals surface area contributed by atoms with E-state index in [2.05, 4.69) is 9.88 Å². The Morgan fingerprint density at radius 3 is 2.37 bits per heavy atom. The number of pyridine rings is 1. The lowest BCUT2D eigenvalue weighted by atomic mass is 10.0. The minimum Gasteiger partial charge on any atom is -0.506 e. The van der Waals surface area contributed by atoms with Crippen molar-refractivity contribution < 1.29 is 15.0 Å². The van der Waals surface area contributed by atoms with E-state index < -0.39 is 22.8 Å². The third-order valence-corrected chi connectivity index (χ3v) is 6.10. The van der Waals surface area contributed by atoms with Crippen molar-refractivity contribution >= 4 is 11.7 Å². The Kier molecular flexibility index (Phi) is 4.42. The van der Waals surface area contributed by atoms with Gasteiger partial charge in [-0.3, -0.25) is 4.79 Å². The molecule has 1 aromatic heterocycles. The molecular weight excluding hydrogens is 344 g/mol. The fourth-order valence-corrected chi connectivity index (χ4v) is 4.70. The van der Waals surface area contributed by atoms with E-state index in [9.17, 15) is 14.7 Å². The largest absolute Gasteiger partial charge is 0.506 e. The van der Waals surface area contributed by atoms with Crippen LogP contribution >= 0.6 is 0 Å². The molecule has 2 heterocycles. The first-order valence-electron chi connectivity index (χ1n) is 9.56. The number of anilines is 1. The molecule has 6 heteroatoms. The maximum absolute atomic E-state index is 12.1. The fourth-order valence-electron chi connectivity index (χ4n) is 4.70. The van der Waals surface area contributed by atoms with Crippen LogP contribution in [0.4, 0.5) is 5.69 Å². The van der Waals surface area contributed by atoms with Gasteiger partial charge in [-0.1, -0.05) is 25.5 Å². The minimum atomic E-state index is -1.43. The van der Waals surface area contributed by atoms with Gasteiger partial charge < -0.3 is 20.1 Å². The molecule has 1 unspecified atom stereocenters. The first kappa shape index (κ1) is 17.6. The van der Waals surface area contributed by atoms with Gasteiger partial charge >= 0.3 is 5.97 Å². The van der Waals surface area contributed by atoms with Crippen molar-refractivity contribution in [2.24, 2.45) is 11.8 Å². The SMILES string of the molecule is CCc1c(-c2ccc(N3CC4CCC[C@H]4C3)cc2)[nH]c(=O)c(C(=O)O)c1O. The molecule has 142 valence electrons. The van der Waals surface area contributed by atoms with E-state index in [1.807, 2.05) is 31.2 Å². The number of H-pyrrole nitrogens is 1. The van der Waals surface area contributed by atoms with E-state index in [4.69, 9.17) is 5.11 Å². The van der Waals surface area contributed by atoms with Crippen LogP contribution in [-0.2, 0) is 6.42 Å². The number of benzene rings is 1. The van der Waals surface area contributed by atoms with E-state index in [0.29, 0.717) is 17.7 Å². The number of hydrogen-bond donors (Lipinski definition) is 3. The molecule has 0 bridgehead atoms. The molecule has 2 fully saturated rings. The quantitative estimate of drug-likeness (QED) is 0.770. The van der Waals surface area contributed by atoms with Crippen molar-refractivity contribution in [3.05, 3.63) is 45.7 Å². The number of carboxylic acid groups (broad SMARTS) is 1. The molecule has 1 saturated heterocycles. The Balaban J connectivity index is 1.66. The molecule has 2 atom stereocenters. The highest BCUT2D eigenvalue weighted by atomic mass is 16.4. The third-order valence-electron chi connectivity index (χ3n) is 6.10. The van der Waals surface area contributed by atoms with Gasteiger partial charge in [0.25, 0.3) is 5.56 Å². The summed E-state index contributed by atoms with van der Waals surface area (Å²) in [5.74, 6) is -0.244. The number of aromatic carboxylic acids is 1. The predicted molar refractivity (Wildman–Crippen MR) is 104 cm³/mol. The van der Waals surface area contributed by atoms with Gasteiger partial charge in [-0.15, -0.1) is 0 Å². The molecule has 6 nitrogen and oxygen atoms in total. The lowest BCUT2D eigenvalue weighted by Crippen LogP contribution is -2.21. The van der Waals surface area contributed by atoms with Crippen LogP contribution in [-0.4, -0.2) is 34.3 Å². The predicted octanol–water partition coefficient (Wildman–Crippen LogP) is 3.24. The summed E-state index contributed by atoms with van der Waals surface area (Å²) < 4.78 is 0. The van der Waals surface area contributed by atoms with Crippen LogP contribution in [0.3, 0.4) is 0 Å². The molecule has 2 aromatic rings. The molecule has 3 N–H and O–H groups in total. The van der Waals surface area contributed by atoms with Crippen molar-refractivity contribution in [3.8, 4) is 17.0 Å². The number of rotatable bonds is 4. The third kappa shape index (κ3) is 2.99. The number of fused-ring (bicyclic) bond motifs is 1. The summed E-state index contributed by atoms with van der Waals surface area (Å²) in [7, 11) is 0. The zero-order valence-electron chi connectivity index (χ0n) is 15.4. The molecule has 1 aromatic carbocycles. The minimum absolute atomic E-state index is 0.412. The van der Waals surface area contributed by atoms with Crippen LogP contribution in [0.1, 0.15) is 42.1 Å². The number of carbonyl (C=O) groups is 1. The monoisotopic (exact) mass is 368 g/mol. The van der Waals surface area contributed by atoms with E-state index in [1.165, 1.54) is 24.9 Å². The van der Waals surface area contributed by atoms with Crippen molar-refractivity contribution in [1.29, 1.82) is 0 Å². The number of aromatic nitrogens is 1. The van der Waals surface area contributed by atoms with Gasteiger partial charge in [-0.05, 0) is 48.8 Å². The highest BCUT2D eigenvalue weighted by Gasteiger charge is 2.36. The second kappa shape index (κ2) is 6.76. The molecule has 1 saturated carbocycles. The van der Waals surface area contributed by atoms with Crippen LogP contribution in [0.2, 0.25) is 0 Å². The maximum Gasteiger partial charge on any atom is 0.345 e. The highest BCUT2D eigenvalue weighted by molar-refractivity contribution is 5.92. The van der Waals surface area contributed by atoms with E-state index >= 15 is 0 Å². The van der Waals surface area contributed by atoms with Crippen molar-refractivity contribution in [3.63, 3.8) is 0 Å².